The first-order chi connectivity index (χ1) is 11.3. The smallest absolute Gasteiger partial charge is 0.251 e. The predicted octanol–water partition coefficient (Wildman–Crippen LogP) is 3.07. The van der Waals surface area contributed by atoms with Gasteiger partial charge in [0.25, 0.3) is 5.91 Å². The van der Waals surface area contributed by atoms with E-state index in [-0.39, 0.29) is 17.9 Å². The Balaban J connectivity index is 1.60. The molecule has 1 fully saturated rings. The van der Waals surface area contributed by atoms with Crippen LogP contribution in [0.4, 0.5) is 0 Å². The minimum absolute atomic E-state index is 0.0393. The highest BCUT2D eigenvalue weighted by atomic mass is 16.5. The van der Waals surface area contributed by atoms with E-state index in [2.05, 4.69) is 17.4 Å². The number of carbonyl (C=O) groups is 1. The molecule has 1 aliphatic heterocycles. The molecule has 0 bridgehead atoms. The van der Waals surface area contributed by atoms with Crippen molar-refractivity contribution in [2.24, 2.45) is 5.92 Å². The van der Waals surface area contributed by atoms with E-state index in [1.165, 1.54) is 0 Å². The zero-order valence-electron chi connectivity index (χ0n) is 12.7. The van der Waals surface area contributed by atoms with Crippen molar-refractivity contribution in [3.63, 3.8) is 0 Å². The summed E-state index contributed by atoms with van der Waals surface area (Å²) in [5, 5.41) is 11.8. The Hall–Kier alpha value is -2.64. The molecule has 4 heteroatoms. The van der Waals surface area contributed by atoms with Crippen LogP contribution >= 0.6 is 0 Å². The van der Waals surface area contributed by atoms with Gasteiger partial charge in [-0.15, -0.1) is 0 Å². The van der Waals surface area contributed by atoms with Crippen LogP contribution in [0.1, 0.15) is 34.0 Å². The van der Waals surface area contributed by atoms with Crippen molar-refractivity contribution < 1.29 is 9.53 Å². The maximum Gasteiger partial charge on any atom is 0.251 e. The van der Waals surface area contributed by atoms with Crippen LogP contribution in [0.25, 0.3) is 0 Å². The molecule has 1 heterocycles. The molecule has 1 amide bonds. The Morgan fingerprint density at radius 3 is 2.61 bits per heavy atom. The minimum Gasteiger partial charge on any atom is -0.373 e. The molecule has 0 aromatic heterocycles. The Labute approximate surface area is 135 Å². The highest BCUT2D eigenvalue weighted by Gasteiger charge is 2.29. The summed E-state index contributed by atoms with van der Waals surface area (Å²) >= 11 is 0. The van der Waals surface area contributed by atoms with Gasteiger partial charge in [-0.1, -0.05) is 30.3 Å². The van der Waals surface area contributed by atoms with Gasteiger partial charge in [-0.25, -0.2) is 0 Å². The number of nitriles is 1. The molecule has 2 aromatic rings. The molecule has 3 rings (SSSR count). The molecule has 1 aliphatic rings. The number of amides is 1. The Morgan fingerprint density at radius 2 is 1.91 bits per heavy atom. The molecule has 116 valence electrons. The van der Waals surface area contributed by atoms with Crippen LogP contribution in [0.15, 0.2) is 54.6 Å². The molecule has 4 nitrogen and oxygen atoms in total. The summed E-state index contributed by atoms with van der Waals surface area (Å²) in [7, 11) is 0. The van der Waals surface area contributed by atoms with Crippen molar-refractivity contribution in [2.75, 3.05) is 13.2 Å². The average Bonchev–Trinajstić information content (AvgIpc) is 3.09. The van der Waals surface area contributed by atoms with Crippen molar-refractivity contribution >= 4 is 5.91 Å². The van der Waals surface area contributed by atoms with Crippen LogP contribution in [0.2, 0.25) is 0 Å². The van der Waals surface area contributed by atoms with Gasteiger partial charge in [0.05, 0.1) is 17.7 Å². The molecule has 0 saturated carbocycles. The topological polar surface area (TPSA) is 62.1 Å². The van der Waals surface area contributed by atoms with E-state index in [0.717, 1.165) is 18.6 Å². The number of nitrogens with zero attached hydrogens (tertiary/aromatic N) is 1. The lowest BCUT2D eigenvalue weighted by Crippen LogP contribution is -2.30. The molecule has 2 atom stereocenters. The third kappa shape index (κ3) is 3.58. The van der Waals surface area contributed by atoms with Gasteiger partial charge < -0.3 is 10.1 Å². The third-order valence-corrected chi connectivity index (χ3v) is 4.14. The summed E-state index contributed by atoms with van der Waals surface area (Å²) in [6.45, 7) is 1.30. The number of hydrogen-bond acceptors (Lipinski definition) is 3. The van der Waals surface area contributed by atoms with E-state index in [1.54, 1.807) is 24.3 Å². The van der Waals surface area contributed by atoms with E-state index in [4.69, 9.17) is 10.00 Å². The van der Waals surface area contributed by atoms with Gasteiger partial charge in [-0.05, 0) is 36.2 Å². The lowest BCUT2D eigenvalue weighted by Gasteiger charge is -2.19. The molecule has 0 unspecified atom stereocenters. The highest BCUT2D eigenvalue weighted by Crippen LogP contribution is 2.33. The van der Waals surface area contributed by atoms with Crippen LogP contribution < -0.4 is 5.32 Å². The maximum absolute atomic E-state index is 12.2. The van der Waals surface area contributed by atoms with Gasteiger partial charge in [0, 0.05) is 24.6 Å². The Kier molecular flexibility index (Phi) is 4.70. The summed E-state index contributed by atoms with van der Waals surface area (Å²) in [6, 6.07) is 18.8. The number of ether oxygens (including phenoxy) is 1. The zero-order valence-corrected chi connectivity index (χ0v) is 12.7. The normalized spacial score (nSPS) is 20.0. The van der Waals surface area contributed by atoms with E-state index in [0.29, 0.717) is 17.7 Å². The molecule has 0 aliphatic carbocycles. The first-order valence-corrected chi connectivity index (χ1v) is 7.73. The van der Waals surface area contributed by atoms with E-state index in [9.17, 15) is 4.79 Å². The van der Waals surface area contributed by atoms with Gasteiger partial charge in [-0.2, -0.15) is 5.26 Å². The number of benzene rings is 2. The van der Waals surface area contributed by atoms with Crippen LogP contribution in [-0.4, -0.2) is 19.1 Å². The SMILES string of the molecule is N#Cc1ccc(C(=O)NC[C@H]2CCO[C@@H]2c2ccccc2)cc1. The van der Waals surface area contributed by atoms with Gasteiger partial charge in [0.15, 0.2) is 0 Å². The van der Waals surface area contributed by atoms with Crippen LogP contribution in [-0.2, 0) is 4.74 Å². The number of carbonyl (C=O) groups excluding carboxylic acids is 1. The van der Waals surface area contributed by atoms with Crippen molar-refractivity contribution in [1.29, 1.82) is 5.26 Å². The van der Waals surface area contributed by atoms with Crippen LogP contribution in [0.5, 0.6) is 0 Å². The Bertz CT molecular complexity index is 704. The molecule has 0 radical (unpaired) electrons. The van der Waals surface area contributed by atoms with E-state index >= 15 is 0 Å². The van der Waals surface area contributed by atoms with Crippen molar-refractivity contribution in [3.8, 4) is 6.07 Å². The molecular weight excluding hydrogens is 288 g/mol. The van der Waals surface area contributed by atoms with Crippen molar-refractivity contribution in [3.05, 3.63) is 71.3 Å². The fourth-order valence-electron chi connectivity index (χ4n) is 2.88. The summed E-state index contributed by atoms with van der Waals surface area (Å²) in [6.07, 6.45) is 0.977. The van der Waals surface area contributed by atoms with Gasteiger partial charge in [-0.3, -0.25) is 4.79 Å². The van der Waals surface area contributed by atoms with Crippen molar-refractivity contribution in [2.45, 2.75) is 12.5 Å². The van der Waals surface area contributed by atoms with Gasteiger partial charge >= 0.3 is 0 Å². The lowest BCUT2D eigenvalue weighted by atomic mass is 9.95. The average molecular weight is 306 g/mol. The van der Waals surface area contributed by atoms with Crippen LogP contribution in [0, 0.1) is 17.2 Å². The summed E-state index contributed by atoms with van der Waals surface area (Å²) < 4.78 is 5.83. The largest absolute Gasteiger partial charge is 0.373 e. The fraction of sp³-hybridized carbons (Fsp3) is 0.263. The predicted molar refractivity (Wildman–Crippen MR) is 86.7 cm³/mol. The second-order valence-electron chi connectivity index (χ2n) is 5.65. The van der Waals surface area contributed by atoms with Crippen LogP contribution in [0.3, 0.4) is 0 Å². The molecule has 1 saturated heterocycles. The monoisotopic (exact) mass is 306 g/mol. The number of nitrogens with one attached hydrogen (secondary N) is 1. The second-order valence-corrected chi connectivity index (χ2v) is 5.65. The van der Waals surface area contributed by atoms with Gasteiger partial charge in [0.2, 0.25) is 0 Å². The molecule has 1 N–H and O–H groups in total. The molecule has 0 spiro atoms. The zero-order chi connectivity index (χ0) is 16.1. The molecule has 2 aromatic carbocycles. The second kappa shape index (κ2) is 7.08. The molecular formula is C19H18N2O2. The maximum atomic E-state index is 12.2. The van der Waals surface area contributed by atoms with Gasteiger partial charge in [0.1, 0.15) is 0 Å². The summed E-state index contributed by atoms with van der Waals surface area (Å²) in [4.78, 5) is 12.2. The Morgan fingerprint density at radius 1 is 1.17 bits per heavy atom. The summed E-state index contributed by atoms with van der Waals surface area (Å²) in [5.41, 5.74) is 2.27. The van der Waals surface area contributed by atoms with Crippen molar-refractivity contribution in [1.82, 2.24) is 5.32 Å². The first-order valence-electron chi connectivity index (χ1n) is 7.73. The first kappa shape index (κ1) is 15.3. The van der Waals surface area contributed by atoms with E-state index in [1.807, 2.05) is 24.3 Å². The number of hydrogen-bond donors (Lipinski definition) is 1. The standard InChI is InChI=1S/C19H18N2O2/c20-12-14-6-8-16(9-7-14)19(22)21-13-17-10-11-23-18(17)15-4-2-1-3-5-15/h1-9,17-18H,10-11,13H2,(H,21,22)/t17-,18-/m1/s1. The third-order valence-electron chi connectivity index (χ3n) is 4.14. The quantitative estimate of drug-likeness (QED) is 0.944. The summed E-state index contributed by atoms with van der Waals surface area (Å²) in [5.74, 6) is 0.160. The molecule has 23 heavy (non-hydrogen) atoms. The highest BCUT2D eigenvalue weighted by molar-refractivity contribution is 5.94. The number of rotatable bonds is 4. The van der Waals surface area contributed by atoms with E-state index < -0.39 is 0 Å². The fourth-order valence-corrected chi connectivity index (χ4v) is 2.88. The minimum atomic E-state index is -0.117. The lowest BCUT2D eigenvalue weighted by molar-refractivity contribution is 0.0846.